The Labute approximate surface area is 159 Å². The predicted octanol–water partition coefficient (Wildman–Crippen LogP) is 3.88. The summed E-state index contributed by atoms with van der Waals surface area (Å²) in [5.41, 5.74) is 5.42. The van der Waals surface area contributed by atoms with Crippen molar-refractivity contribution < 1.29 is 9.90 Å². The van der Waals surface area contributed by atoms with Gasteiger partial charge in [-0.15, -0.1) is 12.4 Å². The van der Waals surface area contributed by atoms with Crippen molar-refractivity contribution >= 4 is 29.3 Å². The molecular weight excluding hydrogens is 348 g/mol. The fraction of sp³-hybridized carbons (Fsp3) is 0.286. The zero-order valence-corrected chi connectivity index (χ0v) is 15.6. The van der Waals surface area contributed by atoms with Crippen molar-refractivity contribution in [2.75, 3.05) is 13.1 Å². The SMILES string of the molecule is Cc1c(Cc2ccc(C(=O)O)cc2)c2ccccc2n1CC1CNC1.Cl. The van der Waals surface area contributed by atoms with Gasteiger partial charge in [0.05, 0.1) is 5.56 Å². The molecule has 2 heterocycles. The van der Waals surface area contributed by atoms with Crippen LogP contribution in [0.2, 0.25) is 0 Å². The molecule has 0 amide bonds. The molecule has 136 valence electrons. The first-order valence-electron chi connectivity index (χ1n) is 8.73. The molecule has 1 aliphatic rings. The van der Waals surface area contributed by atoms with E-state index in [9.17, 15) is 4.79 Å². The Morgan fingerprint density at radius 2 is 1.85 bits per heavy atom. The van der Waals surface area contributed by atoms with Crippen molar-refractivity contribution in [1.82, 2.24) is 9.88 Å². The van der Waals surface area contributed by atoms with Gasteiger partial charge in [-0.25, -0.2) is 4.79 Å². The van der Waals surface area contributed by atoms with E-state index in [0.717, 1.165) is 31.6 Å². The van der Waals surface area contributed by atoms with Crippen molar-refractivity contribution in [1.29, 1.82) is 0 Å². The molecule has 3 aromatic rings. The number of carbonyl (C=O) groups is 1. The fourth-order valence-electron chi connectivity index (χ4n) is 3.67. The first kappa shape index (κ1) is 18.5. The molecule has 1 aromatic heterocycles. The van der Waals surface area contributed by atoms with E-state index < -0.39 is 5.97 Å². The molecule has 2 aromatic carbocycles. The number of carboxylic acid groups (broad SMARTS) is 1. The Bertz CT molecular complexity index is 927. The maximum atomic E-state index is 11.0. The largest absolute Gasteiger partial charge is 0.478 e. The Morgan fingerprint density at radius 3 is 2.46 bits per heavy atom. The van der Waals surface area contributed by atoms with Crippen molar-refractivity contribution in [2.45, 2.75) is 19.9 Å². The van der Waals surface area contributed by atoms with Crippen LogP contribution in [0.15, 0.2) is 48.5 Å². The minimum absolute atomic E-state index is 0. The van der Waals surface area contributed by atoms with E-state index in [2.05, 4.69) is 41.1 Å². The molecule has 26 heavy (non-hydrogen) atoms. The van der Waals surface area contributed by atoms with Gasteiger partial charge in [0, 0.05) is 42.1 Å². The van der Waals surface area contributed by atoms with Crippen molar-refractivity contribution in [3.05, 3.63) is 70.9 Å². The molecule has 4 nitrogen and oxygen atoms in total. The third-order valence-corrected chi connectivity index (χ3v) is 5.25. The number of para-hydroxylation sites is 1. The summed E-state index contributed by atoms with van der Waals surface area (Å²) in [7, 11) is 0. The molecular formula is C21H23ClN2O2. The molecule has 0 unspecified atom stereocenters. The van der Waals surface area contributed by atoms with Crippen LogP contribution >= 0.6 is 12.4 Å². The predicted molar refractivity (Wildman–Crippen MR) is 106 cm³/mol. The van der Waals surface area contributed by atoms with Crippen LogP contribution in [0, 0.1) is 12.8 Å². The van der Waals surface area contributed by atoms with Crippen molar-refractivity contribution in [2.24, 2.45) is 5.92 Å². The number of nitrogens with one attached hydrogen (secondary N) is 1. The molecule has 0 bridgehead atoms. The monoisotopic (exact) mass is 370 g/mol. The molecule has 0 radical (unpaired) electrons. The quantitative estimate of drug-likeness (QED) is 0.716. The number of aromatic carboxylic acids is 1. The number of fused-ring (bicyclic) bond motifs is 1. The van der Waals surface area contributed by atoms with Crippen molar-refractivity contribution in [3.8, 4) is 0 Å². The highest BCUT2D eigenvalue weighted by Crippen LogP contribution is 2.29. The molecule has 5 heteroatoms. The highest BCUT2D eigenvalue weighted by molar-refractivity contribution is 5.88. The van der Waals surface area contributed by atoms with Gasteiger partial charge in [-0.2, -0.15) is 0 Å². The van der Waals surface area contributed by atoms with E-state index in [4.69, 9.17) is 5.11 Å². The van der Waals surface area contributed by atoms with Crippen LogP contribution in [0.5, 0.6) is 0 Å². The fourth-order valence-corrected chi connectivity index (χ4v) is 3.67. The lowest BCUT2D eigenvalue weighted by Crippen LogP contribution is -2.44. The number of carboxylic acids is 1. The molecule has 1 saturated heterocycles. The average molecular weight is 371 g/mol. The smallest absolute Gasteiger partial charge is 0.335 e. The van der Waals surface area contributed by atoms with Gasteiger partial charge in [-0.3, -0.25) is 0 Å². The van der Waals surface area contributed by atoms with Crippen LogP contribution in [-0.2, 0) is 13.0 Å². The van der Waals surface area contributed by atoms with Gasteiger partial charge in [0.2, 0.25) is 0 Å². The summed E-state index contributed by atoms with van der Waals surface area (Å²) >= 11 is 0. The summed E-state index contributed by atoms with van der Waals surface area (Å²) in [5.74, 6) is -0.175. The highest BCUT2D eigenvalue weighted by atomic mass is 35.5. The lowest BCUT2D eigenvalue weighted by atomic mass is 10.0. The maximum absolute atomic E-state index is 11.0. The molecule has 1 aliphatic heterocycles. The second-order valence-corrected chi connectivity index (χ2v) is 6.89. The number of hydrogen-bond acceptors (Lipinski definition) is 2. The molecule has 0 spiro atoms. The van der Waals surface area contributed by atoms with E-state index in [0.29, 0.717) is 11.5 Å². The van der Waals surface area contributed by atoms with Crippen LogP contribution in [0.1, 0.15) is 27.2 Å². The van der Waals surface area contributed by atoms with Gasteiger partial charge in [0.25, 0.3) is 0 Å². The summed E-state index contributed by atoms with van der Waals surface area (Å²) in [4.78, 5) is 11.0. The molecule has 2 N–H and O–H groups in total. The number of rotatable bonds is 5. The van der Waals surface area contributed by atoms with Crippen LogP contribution in [0.25, 0.3) is 10.9 Å². The molecule has 0 atom stereocenters. The van der Waals surface area contributed by atoms with Gasteiger partial charge < -0.3 is 15.0 Å². The summed E-state index contributed by atoms with van der Waals surface area (Å²) in [6, 6.07) is 15.8. The number of benzene rings is 2. The summed E-state index contributed by atoms with van der Waals surface area (Å²) in [5, 5.41) is 13.7. The summed E-state index contributed by atoms with van der Waals surface area (Å²) in [6.45, 7) is 5.44. The third kappa shape index (κ3) is 3.35. The van der Waals surface area contributed by atoms with Gasteiger partial charge in [-0.1, -0.05) is 30.3 Å². The topological polar surface area (TPSA) is 54.3 Å². The Kier molecular flexibility index (Phi) is 5.35. The first-order valence-corrected chi connectivity index (χ1v) is 8.73. The van der Waals surface area contributed by atoms with E-state index in [1.54, 1.807) is 12.1 Å². The molecule has 4 rings (SSSR count). The summed E-state index contributed by atoms with van der Waals surface area (Å²) < 4.78 is 2.45. The Morgan fingerprint density at radius 1 is 1.15 bits per heavy atom. The average Bonchev–Trinajstić information content (AvgIpc) is 2.84. The Balaban J connectivity index is 0.00000196. The lowest BCUT2D eigenvalue weighted by molar-refractivity contribution is 0.0697. The first-order chi connectivity index (χ1) is 12.1. The molecule has 1 fully saturated rings. The van der Waals surface area contributed by atoms with Crippen LogP contribution in [0.4, 0.5) is 0 Å². The standard InChI is InChI=1S/C21H22N2O2.ClH/c1-14-19(10-15-6-8-17(9-7-15)21(24)25)18-4-2-3-5-20(18)23(14)13-16-11-22-12-16;/h2-9,16,22H,10-13H2,1H3,(H,24,25);1H. The van der Waals surface area contributed by atoms with Gasteiger partial charge in [0.15, 0.2) is 0 Å². The summed E-state index contributed by atoms with van der Waals surface area (Å²) in [6.07, 6.45) is 0.822. The number of halogens is 1. The molecule has 0 aliphatic carbocycles. The van der Waals surface area contributed by atoms with Gasteiger partial charge in [-0.05, 0) is 42.7 Å². The number of aromatic nitrogens is 1. The van der Waals surface area contributed by atoms with Gasteiger partial charge >= 0.3 is 5.97 Å². The normalized spacial score (nSPS) is 14.0. The van der Waals surface area contributed by atoms with Crippen molar-refractivity contribution in [3.63, 3.8) is 0 Å². The second kappa shape index (κ2) is 7.52. The molecule has 0 saturated carbocycles. The van der Waals surface area contributed by atoms with E-state index in [1.807, 2.05) is 12.1 Å². The third-order valence-electron chi connectivity index (χ3n) is 5.25. The zero-order chi connectivity index (χ0) is 17.4. The number of nitrogens with zero attached hydrogens (tertiary/aromatic N) is 1. The zero-order valence-electron chi connectivity index (χ0n) is 14.7. The lowest BCUT2D eigenvalue weighted by Gasteiger charge is -2.28. The Hall–Kier alpha value is -2.30. The van der Waals surface area contributed by atoms with E-state index in [-0.39, 0.29) is 12.4 Å². The van der Waals surface area contributed by atoms with Crippen LogP contribution in [-0.4, -0.2) is 28.7 Å². The van der Waals surface area contributed by atoms with E-state index in [1.165, 1.54) is 22.2 Å². The second-order valence-electron chi connectivity index (χ2n) is 6.89. The van der Waals surface area contributed by atoms with Crippen LogP contribution in [0.3, 0.4) is 0 Å². The minimum atomic E-state index is -0.881. The van der Waals surface area contributed by atoms with Crippen LogP contribution < -0.4 is 5.32 Å². The highest BCUT2D eigenvalue weighted by Gasteiger charge is 2.21. The maximum Gasteiger partial charge on any atom is 0.335 e. The minimum Gasteiger partial charge on any atom is -0.478 e. The number of hydrogen-bond donors (Lipinski definition) is 2. The van der Waals surface area contributed by atoms with E-state index >= 15 is 0 Å². The van der Waals surface area contributed by atoms with Gasteiger partial charge in [0.1, 0.15) is 0 Å².